The maximum absolute atomic E-state index is 13.1. The van der Waals surface area contributed by atoms with E-state index in [-0.39, 0.29) is 12.4 Å². The lowest BCUT2D eigenvalue weighted by atomic mass is 10.1. The third kappa shape index (κ3) is 3.16. The summed E-state index contributed by atoms with van der Waals surface area (Å²) in [6.45, 7) is 0.553. The molecule has 1 aliphatic heterocycles. The fourth-order valence-electron chi connectivity index (χ4n) is 2.20. The van der Waals surface area contributed by atoms with Crippen molar-refractivity contribution in [2.45, 2.75) is 6.42 Å². The summed E-state index contributed by atoms with van der Waals surface area (Å²) in [6, 6.07) is 8.25. The number of ether oxygens (including phenoxy) is 2. The second-order valence-corrected chi connectivity index (χ2v) is 4.85. The van der Waals surface area contributed by atoms with Crippen molar-refractivity contribution in [1.82, 2.24) is 5.32 Å². The standard InChI is InChI=1S/C16H13F2NO3/c17-12-6-11(7-13(18)8-12)16(20)19-4-3-10-1-2-14-15(5-10)22-9-21-14/h1-2,5-8H,3-4,9H2,(H,19,20). The number of carbonyl (C=O) groups excluding carboxylic acids is 1. The molecule has 0 bridgehead atoms. The van der Waals surface area contributed by atoms with Crippen molar-refractivity contribution >= 4 is 5.91 Å². The van der Waals surface area contributed by atoms with Gasteiger partial charge in [0.25, 0.3) is 5.91 Å². The molecule has 0 spiro atoms. The minimum Gasteiger partial charge on any atom is -0.454 e. The van der Waals surface area contributed by atoms with Gasteiger partial charge < -0.3 is 14.8 Å². The first-order valence-corrected chi connectivity index (χ1v) is 6.74. The van der Waals surface area contributed by atoms with Crippen LogP contribution in [-0.2, 0) is 6.42 Å². The summed E-state index contributed by atoms with van der Waals surface area (Å²) >= 11 is 0. The molecule has 0 atom stereocenters. The Hall–Kier alpha value is -2.63. The Bertz CT molecular complexity index is 698. The van der Waals surface area contributed by atoms with Gasteiger partial charge in [-0.15, -0.1) is 0 Å². The van der Waals surface area contributed by atoms with E-state index < -0.39 is 17.5 Å². The smallest absolute Gasteiger partial charge is 0.251 e. The van der Waals surface area contributed by atoms with Crippen molar-refractivity contribution in [2.24, 2.45) is 0 Å². The molecule has 0 saturated carbocycles. The van der Waals surface area contributed by atoms with Gasteiger partial charge in [-0.1, -0.05) is 6.07 Å². The molecule has 114 valence electrons. The summed E-state index contributed by atoms with van der Waals surface area (Å²) < 4.78 is 36.6. The van der Waals surface area contributed by atoms with Crippen molar-refractivity contribution < 1.29 is 23.0 Å². The van der Waals surface area contributed by atoms with Gasteiger partial charge in [-0.3, -0.25) is 4.79 Å². The first kappa shape index (κ1) is 14.3. The molecule has 6 heteroatoms. The monoisotopic (exact) mass is 305 g/mol. The van der Waals surface area contributed by atoms with Gasteiger partial charge in [-0.2, -0.15) is 0 Å². The van der Waals surface area contributed by atoms with Crippen LogP contribution in [0.5, 0.6) is 11.5 Å². The number of nitrogens with one attached hydrogen (secondary N) is 1. The van der Waals surface area contributed by atoms with Gasteiger partial charge in [-0.25, -0.2) is 8.78 Å². The molecule has 0 aliphatic carbocycles. The van der Waals surface area contributed by atoms with E-state index in [4.69, 9.17) is 9.47 Å². The highest BCUT2D eigenvalue weighted by molar-refractivity contribution is 5.94. The zero-order chi connectivity index (χ0) is 15.5. The van der Waals surface area contributed by atoms with Crippen LogP contribution in [0.4, 0.5) is 8.78 Å². The molecule has 22 heavy (non-hydrogen) atoms. The average molecular weight is 305 g/mol. The second-order valence-electron chi connectivity index (χ2n) is 4.85. The number of carbonyl (C=O) groups is 1. The summed E-state index contributed by atoms with van der Waals surface area (Å²) in [5.74, 6) is -0.694. The van der Waals surface area contributed by atoms with E-state index in [9.17, 15) is 13.6 Å². The number of hydrogen-bond acceptors (Lipinski definition) is 3. The van der Waals surface area contributed by atoms with Gasteiger partial charge >= 0.3 is 0 Å². The number of hydrogen-bond donors (Lipinski definition) is 1. The third-order valence-electron chi connectivity index (χ3n) is 3.26. The van der Waals surface area contributed by atoms with Crippen LogP contribution in [-0.4, -0.2) is 19.2 Å². The van der Waals surface area contributed by atoms with E-state index in [1.165, 1.54) is 0 Å². The quantitative estimate of drug-likeness (QED) is 0.944. The van der Waals surface area contributed by atoms with Gasteiger partial charge in [0, 0.05) is 18.2 Å². The van der Waals surface area contributed by atoms with Crippen LogP contribution in [0, 0.1) is 11.6 Å². The molecule has 1 N–H and O–H groups in total. The highest BCUT2D eigenvalue weighted by Crippen LogP contribution is 2.32. The van der Waals surface area contributed by atoms with Gasteiger partial charge in [0.2, 0.25) is 6.79 Å². The molecule has 2 aromatic rings. The van der Waals surface area contributed by atoms with Gasteiger partial charge in [0.15, 0.2) is 11.5 Å². The van der Waals surface area contributed by atoms with E-state index in [2.05, 4.69) is 5.32 Å². The highest BCUT2D eigenvalue weighted by Gasteiger charge is 2.13. The maximum Gasteiger partial charge on any atom is 0.251 e. The first-order chi connectivity index (χ1) is 10.6. The molecule has 0 unspecified atom stereocenters. The third-order valence-corrected chi connectivity index (χ3v) is 3.26. The zero-order valence-corrected chi connectivity index (χ0v) is 11.6. The number of benzene rings is 2. The van der Waals surface area contributed by atoms with Crippen LogP contribution in [0.25, 0.3) is 0 Å². The largest absolute Gasteiger partial charge is 0.454 e. The second kappa shape index (κ2) is 6.01. The van der Waals surface area contributed by atoms with E-state index in [0.717, 1.165) is 23.8 Å². The minimum absolute atomic E-state index is 0.0387. The Labute approximate surface area is 125 Å². The molecular weight excluding hydrogens is 292 g/mol. The van der Waals surface area contributed by atoms with Crippen molar-refractivity contribution in [3.05, 3.63) is 59.2 Å². The van der Waals surface area contributed by atoms with E-state index >= 15 is 0 Å². The number of amides is 1. The van der Waals surface area contributed by atoms with Crippen molar-refractivity contribution in [3.8, 4) is 11.5 Å². The van der Waals surface area contributed by atoms with Gasteiger partial charge in [0.1, 0.15) is 11.6 Å². The predicted octanol–water partition coefficient (Wildman–Crippen LogP) is 2.67. The summed E-state index contributed by atoms with van der Waals surface area (Å²) in [7, 11) is 0. The van der Waals surface area contributed by atoms with Crippen molar-refractivity contribution in [1.29, 1.82) is 0 Å². The number of halogens is 2. The summed E-state index contributed by atoms with van der Waals surface area (Å²) in [5.41, 5.74) is 0.929. The average Bonchev–Trinajstić information content (AvgIpc) is 2.93. The van der Waals surface area contributed by atoms with E-state index in [1.54, 1.807) is 6.07 Å². The Balaban J connectivity index is 1.57. The molecule has 1 heterocycles. The predicted molar refractivity (Wildman–Crippen MR) is 75.0 cm³/mol. The first-order valence-electron chi connectivity index (χ1n) is 6.74. The van der Waals surface area contributed by atoms with Crippen molar-refractivity contribution in [3.63, 3.8) is 0 Å². The number of rotatable bonds is 4. The lowest BCUT2D eigenvalue weighted by molar-refractivity contribution is 0.0953. The molecule has 0 saturated heterocycles. The lowest BCUT2D eigenvalue weighted by Crippen LogP contribution is -2.25. The van der Waals surface area contributed by atoms with Crippen LogP contribution in [0.1, 0.15) is 15.9 Å². The molecule has 1 aliphatic rings. The molecule has 0 fully saturated rings. The summed E-state index contributed by atoms with van der Waals surface area (Å²) in [5, 5.41) is 2.63. The molecule has 0 radical (unpaired) electrons. The molecule has 2 aromatic carbocycles. The Morgan fingerprint density at radius 1 is 1.05 bits per heavy atom. The van der Waals surface area contributed by atoms with Crippen LogP contribution < -0.4 is 14.8 Å². The van der Waals surface area contributed by atoms with Crippen LogP contribution in [0.15, 0.2) is 36.4 Å². The Morgan fingerprint density at radius 2 is 1.77 bits per heavy atom. The van der Waals surface area contributed by atoms with Gasteiger partial charge in [-0.05, 0) is 36.2 Å². The molecule has 0 aromatic heterocycles. The summed E-state index contributed by atoms with van der Waals surface area (Å²) in [6.07, 6.45) is 0.570. The van der Waals surface area contributed by atoms with Crippen LogP contribution in [0.3, 0.4) is 0 Å². The Kier molecular flexibility index (Phi) is 3.91. The topological polar surface area (TPSA) is 47.6 Å². The molecule has 1 amide bonds. The van der Waals surface area contributed by atoms with E-state index in [1.807, 2.05) is 12.1 Å². The van der Waals surface area contributed by atoms with Crippen LogP contribution in [0.2, 0.25) is 0 Å². The number of fused-ring (bicyclic) bond motifs is 1. The fraction of sp³-hybridized carbons (Fsp3) is 0.188. The highest BCUT2D eigenvalue weighted by atomic mass is 19.1. The normalized spacial score (nSPS) is 12.3. The molecule has 4 nitrogen and oxygen atoms in total. The fourth-order valence-corrected chi connectivity index (χ4v) is 2.20. The summed E-state index contributed by atoms with van der Waals surface area (Å²) in [4.78, 5) is 11.8. The Morgan fingerprint density at radius 3 is 2.55 bits per heavy atom. The SMILES string of the molecule is O=C(NCCc1ccc2c(c1)OCO2)c1cc(F)cc(F)c1. The zero-order valence-electron chi connectivity index (χ0n) is 11.6. The lowest BCUT2D eigenvalue weighted by Gasteiger charge is -2.06. The van der Waals surface area contributed by atoms with E-state index in [0.29, 0.717) is 24.5 Å². The van der Waals surface area contributed by atoms with Crippen LogP contribution >= 0.6 is 0 Å². The maximum atomic E-state index is 13.1. The van der Waals surface area contributed by atoms with Gasteiger partial charge in [0.05, 0.1) is 0 Å². The molecule has 3 rings (SSSR count). The van der Waals surface area contributed by atoms with Crippen molar-refractivity contribution in [2.75, 3.05) is 13.3 Å². The molecular formula is C16H13F2NO3. The minimum atomic E-state index is -0.777.